The molecular weight excluding hydrogens is 323 g/mol. The first-order valence-corrected chi connectivity index (χ1v) is 8.20. The SMILES string of the molecule is CC1CCN(CC(=O)N(C)Cc2cc(Cl)cc(Cl)c2)CC1O. The summed E-state index contributed by atoms with van der Waals surface area (Å²) in [6.45, 7) is 4.24. The van der Waals surface area contributed by atoms with Crippen LogP contribution in [0.1, 0.15) is 18.9 Å². The van der Waals surface area contributed by atoms with E-state index in [1.165, 1.54) is 0 Å². The van der Waals surface area contributed by atoms with Gasteiger partial charge < -0.3 is 10.0 Å². The minimum absolute atomic E-state index is 0.0258. The maximum Gasteiger partial charge on any atom is 0.236 e. The van der Waals surface area contributed by atoms with Gasteiger partial charge in [0, 0.05) is 30.2 Å². The number of nitrogens with zero attached hydrogens (tertiary/aromatic N) is 2. The number of β-amino-alcohol motifs (C(OH)–C–C–N with tert-alkyl or cyclic N) is 1. The molecule has 1 amide bonds. The first-order valence-electron chi connectivity index (χ1n) is 7.44. The van der Waals surface area contributed by atoms with E-state index in [4.69, 9.17) is 23.2 Å². The number of carbonyl (C=O) groups excluding carboxylic acids is 1. The van der Waals surface area contributed by atoms with Gasteiger partial charge in [0.15, 0.2) is 0 Å². The fraction of sp³-hybridized carbons (Fsp3) is 0.562. The number of hydrogen-bond donors (Lipinski definition) is 1. The topological polar surface area (TPSA) is 43.8 Å². The van der Waals surface area contributed by atoms with Gasteiger partial charge in [-0.05, 0) is 42.6 Å². The Kier molecular flexibility index (Phi) is 6.09. The van der Waals surface area contributed by atoms with Gasteiger partial charge >= 0.3 is 0 Å². The number of amides is 1. The summed E-state index contributed by atoms with van der Waals surface area (Å²) >= 11 is 11.9. The van der Waals surface area contributed by atoms with Crippen LogP contribution in [0.3, 0.4) is 0 Å². The zero-order chi connectivity index (χ0) is 16.3. The monoisotopic (exact) mass is 344 g/mol. The highest BCUT2D eigenvalue weighted by molar-refractivity contribution is 6.34. The maximum atomic E-state index is 12.3. The van der Waals surface area contributed by atoms with Gasteiger partial charge in [0.2, 0.25) is 5.91 Å². The van der Waals surface area contributed by atoms with Crippen LogP contribution in [-0.2, 0) is 11.3 Å². The highest BCUT2D eigenvalue weighted by atomic mass is 35.5. The molecule has 4 nitrogen and oxygen atoms in total. The van der Waals surface area contributed by atoms with Crippen molar-refractivity contribution in [2.75, 3.05) is 26.7 Å². The molecule has 1 heterocycles. The smallest absolute Gasteiger partial charge is 0.236 e. The molecule has 122 valence electrons. The molecular formula is C16H22Cl2N2O2. The summed E-state index contributed by atoms with van der Waals surface area (Å²) in [5.41, 5.74) is 0.903. The van der Waals surface area contributed by atoms with E-state index in [1.54, 1.807) is 18.0 Å². The van der Waals surface area contributed by atoms with E-state index in [2.05, 4.69) is 0 Å². The van der Waals surface area contributed by atoms with Gasteiger partial charge in [-0.15, -0.1) is 0 Å². The zero-order valence-electron chi connectivity index (χ0n) is 12.9. The number of aliphatic hydroxyl groups is 1. The lowest BCUT2D eigenvalue weighted by Gasteiger charge is -2.34. The van der Waals surface area contributed by atoms with Crippen molar-refractivity contribution in [3.63, 3.8) is 0 Å². The number of hydrogen-bond acceptors (Lipinski definition) is 3. The Morgan fingerprint density at radius 2 is 2.00 bits per heavy atom. The van der Waals surface area contributed by atoms with Crippen molar-refractivity contribution in [3.8, 4) is 0 Å². The molecule has 0 spiro atoms. The van der Waals surface area contributed by atoms with E-state index in [0.29, 0.717) is 35.6 Å². The third-order valence-corrected chi connectivity index (χ3v) is 4.57. The molecule has 0 bridgehead atoms. The van der Waals surface area contributed by atoms with Gasteiger partial charge in [-0.1, -0.05) is 30.1 Å². The minimum Gasteiger partial charge on any atom is -0.392 e. The lowest BCUT2D eigenvalue weighted by molar-refractivity contribution is -0.132. The lowest BCUT2D eigenvalue weighted by atomic mass is 9.96. The van der Waals surface area contributed by atoms with Gasteiger partial charge in [-0.2, -0.15) is 0 Å². The summed E-state index contributed by atoms with van der Waals surface area (Å²) in [6.07, 6.45) is 0.570. The number of carbonyl (C=O) groups is 1. The molecule has 1 aliphatic heterocycles. The fourth-order valence-corrected chi connectivity index (χ4v) is 3.21. The summed E-state index contributed by atoms with van der Waals surface area (Å²) in [6, 6.07) is 5.29. The van der Waals surface area contributed by atoms with Gasteiger partial charge in [0.25, 0.3) is 0 Å². The molecule has 1 aromatic carbocycles. The Labute approximate surface area is 141 Å². The van der Waals surface area contributed by atoms with E-state index in [-0.39, 0.29) is 12.0 Å². The van der Waals surface area contributed by atoms with Crippen molar-refractivity contribution in [1.29, 1.82) is 0 Å². The normalized spacial score (nSPS) is 22.6. The predicted octanol–water partition coefficient (Wildman–Crippen LogP) is 2.65. The second kappa shape index (κ2) is 7.64. The molecule has 1 aromatic rings. The van der Waals surface area contributed by atoms with Crippen molar-refractivity contribution < 1.29 is 9.90 Å². The van der Waals surface area contributed by atoms with E-state index in [9.17, 15) is 9.90 Å². The van der Waals surface area contributed by atoms with Crippen LogP contribution in [0, 0.1) is 5.92 Å². The minimum atomic E-state index is -0.349. The molecule has 2 atom stereocenters. The summed E-state index contributed by atoms with van der Waals surface area (Å²) in [4.78, 5) is 16.0. The molecule has 1 N–H and O–H groups in total. The molecule has 1 aliphatic rings. The number of aliphatic hydroxyl groups excluding tert-OH is 1. The Morgan fingerprint density at radius 1 is 1.36 bits per heavy atom. The van der Waals surface area contributed by atoms with E-state index >= 15 is 0 Å². The highest BCUT2D eigenvalue weighted by Crippen LogP contribution is 2.20. The van der Waals surface area contributed by atoms with Gasteiger partial charge in [0.05, 0.1) is 12.6 Å². The first-order chi connectivity index (χ1) is 10.3. The van der Waals surface area contributed by atoms with Crippen molar-refractivity contribution >= 4 is 29.1 Å². The fourth-order valence-electron chi connectivity index (χ4n) is 2.63. The van der Waals surface area contributed by atoms with E-state index in [0.717, 1.165) is 18.5 Å². The van der Waals surface area contributed by atoms with Gasteiger partial charge in [0.1, 0.15) is 0 Å². The molecule has 0 aromatic heterocycles. The van der Waals surface area contributed by atoms with Gasteiger partial charge in [-0.3, -0.25) is 9.69 Å². The summed E-state index contributed by atoms with van der Waals surface area (Å²) in [5.74, 6) is 0.329. The summed E-state index contributed by atoms with van der Waals surface area (Å²) in [7, 11) is 1.76. The van der Waals surface area contributed by atoms with Crippen LogP contribution < -0.4 is 0 Å². The van der Waals surface area contributed by atoms with Crippen molar-refractivity contribution in [2.45, 2.75) is 26.0 Å². The average molecular weight is 345 g/mol. The lowest BCUT2D eigenvalue weighted by Crippen LogP contribution is -2.47. The largest absolute Gasteiger partial charge is 0.392 e. The Hall–Kier alpha value is -0.810. The number of likely N-dealkylation sites (N-methyl/N-ethyl adjacent to an activating group) is 1. The van der Waals surface area contributed by atoms with Crippen molar-refractivity contribution in [2.24, 2.45) is 5.92 Å². The quantitative estimate of drug-likeness (QED) is 0.913. The standard InChI is InChI=1S/C16H22Cl2N2O2/c1-11-3-4-20(9-15(11)21)10-16(22)19(2)8-12-5-13(17)7-14(18)6-12/h5-7,11,15,21H,3-4,8-10H2,1-2H3. The van der Waals surface area contributed by atoms with Crippen LogP contribution in [-0.4, -0.2) is 53.6 Å². The molecule has 22 heavy (non-hydrogen) atoms. The van der Waals surface area contributed by atoms with Crippen LogP contribution in [0.5, 0.6) is 0 Å². The Balaban J connectivity index is 1.89. The predicted molar refractivity (Wildman–Crippen MR) is 89.2 cm³/mol. The van der Waals surface area contributed by atoms with Gasteiger partial charge in [-0.25, -0.2) is 0 Å². The van der Waals surface area contributed by atoms with Crippen LogP contribution >= 0.6 is 23.2 Å². The number of halogens is 2. The van der Waals surface area contributed by atoms with Crippen molar-refractivity contribution in [1.82, 2.24) is 9.80 Å². The number of piperidine rings is 1. The molecule has 1 saturated heterocycles. The second-order valence-corrected chi connectivity index (χ2v) is 6.97. The number of likely N-dealkylation sites (tertiary alicyclic amines) is 1. The summed E-state index contributed by atoms with van der Waals surface area (Å²) < 4.78 is 0. The number of rotatable bonds is 4. The Bertz CT molecular complexity index is 519. The van der Waals surface area contributed by atoms with Crippen LogP contribution in [0.25, 0.3) is 0 Å². The van der Waals surface area contributed by atoms with Crippen LogP contribution in [0.15, 0.2) is 18.2 Å². The molecule has 2 unspecified atom stereocenters. The van der Waals surface area contributed by atoms with E-state index < -0.39 is 0 Å². The van der Waals surface area contributed by atoms with Crippen LogP contribution in [0.4, 0.5) is 0 Å². The van der Waals surface area contributed by atoms with E-state index in [1.807, 2.05) is 24.0 Å². The summed E-state index contributed by atoms with van der Waals surface area (Å²) in [5, 5.41) is 11.0. The number of benzene rings is 1. The maximum absolute atomic E-state index is 12.3. The second-order valence-electron chi connectivity index (χ2n) is 6.10. The zero-order valence-corrected chi connectivity index (χ0v) is 14.4. The molecule has 2 rings (SSSR count). The first kappa shape index (κ1) is 17.5. The molecule has 0 aliphatic carbocycles. The Morgan fingerprint density at radius 3 is 2.59 bits per heavy atom. The third kappa shape index (κ3) is 4.85. The molecule has 0 radical (unpaired) electrons. The highest BCUT2D eigenvalue weighted by Gasteiger charge is 2.26. The molecule has 6 heteroatoms. The van der Waals surface area contributed by atoms with Crippen molar-refractivity contribution in [3.05, 3.63) is 33.8 Å². The van der Waals surface area contributed by atoms with Crippen LogP contribution in [0.2, 0.25) is 10.0 Å². The average Bonchev–Trinajstić information content (AvgIpc) is 2.41. The molecule has 1 fully saturated rings. The third-order valence-electron chi connectivity index (χ3n) is 4.13. The molecule has 0 saturated carbocycles.